The zero-order valence-electron chi connectivity index (χ0n) is 31.0. The minimum atomic E-state index is 0. The Morgan fingerprint density at radius 2 is 0.293 bits per heavy atom. The van der Waals surface area contributed by atoms with Gasteiger partial charge in [-0.05, 0) is 0 Å². The molecule has 0 bridgehead atoms. The fourth-order valence-electron chi connectivity index (χ4n) is 0.894. The van der Waals surface area contributed by atoms with Gasteiger partial charge in [0.2, 0.25) is 0 Å². The molecule has 0 heterocycles. The fourth-order valence-corrected chi connectivity index (χ4v) is 0.894. The standard InChI is InChI=1S/4C4H10N.6C2H6N.CH4.2Ta/c4*1-3-5-4-2;6*1-3-2;;;/h4*3-4H2,1-2H3;6*1-2H3;1H4;;/q10*-1;;2*+5. The van der Waals surface area contributed by atoms with Crippen molar-refractivity contribution in [3.63, 3.8) is 0 Å². The summed E-state index contributed by atoms with van der Waals surface area (Å²) >= 11 is 0. The minimum absolute atomic E-state index is 0. The van der Waals surface area contributed by atoms with Crippen molar-refractivity contribution in [2.24, 2.45) is 0 Å². The molecule has 0 atom stereocenters. The van der Waals surface area contributed by atoms with Crippen molar-refractivity contribution in [2.75, 3.05) is 137 Å². The van der Waals surface area contributed by atoms with Gasteiger partial charge in [0, 0.05) is 0 Å². The van der Waals surface area contributed by atoms with Gasteiger partial charge in [0.15, 0.2) is 0 Å². The average molecular weight is 931 g/mol. The number of hydrogen-bond donors (Lipinski definition) is 0. The van der Waals surface area contributed by atoms with Crippen molar-refractivity contribution in [1.29, 1.82) is 0 Å². The molecule has 41 heavy (non-hydrogen) atoms. The van der Waals surface area contributed by atoms with Crippen LogP contribution in [0.3, 0.4) is 0 Å². The second-order valence-electron chi connectivity index (χ2n) is 6.11. The summed E-state index contributed by atoms with van der Waals surface area (Å²) in [6.45, 7) is 24.1. The molecule has 0 N–H and O–H groups in total. The van der Waals surface area contributed by atoms with Crippen LogP contribution in [0.15, 0.2) is 0 Å². The van der Waals surface area contributed by atoms with Crippen LogP contribution in [0.25, 0.3) is 53.2 Å². The molecule has 10 nitrogen and oxygen atoms in total. The first-order valence-electron chi connectivity index (χ1n) is 13.6. The fraction of sp³-hybridized carbons (Fsp3) is 1.00. The van der Waals surface area contributed by atoms with E-state index in [-0.39, 0.29) is 52.2 Å². The maximum Gasteiger partial charge on any atom is 5.00 e. The van der Waals surface area contributed by atoms with Crippen LogP contribution in [0.2, 0.25) is 0 Å². The summed E-state index contributed by atoms with van der Waals surface area (Å²) in [5, 5.41) is 36.9. The third kappa shape index (κ3) is 761. The van der Waals surface area contributed by atoms with Crippen LogP contribution in [0.5, 0.6) is 0 Å². The summed E-state index contributed by atoms with van der Waals surface area (Å²) < 4.78 is 0. The van der Waals surface area contributed by atoms with E-state index in [1.165, 1.54) is 0 Å². The van der Waals surface area contributed by atoms with Crippen molar-refractivity contribution >= 4 is 0 Å². The van der Waals surface area contributed by atoms with E-state index in [0.29, 0.717) is 0 Å². The van der Waals surface area contributed by atoms with Crippen LogP contribution in [0, 0.1) is 0 Å². The monoisotopic (exact) mass is 931 g/mol. The van der Waals surface area contributed by atoms with Gasteiger partial charge in [-0.15, -0.1) is 0 Å². The molecular weight excluding hydrogens is 850 g/mol. The normalized spacial score (nSPS) is 6.73. The second kappa shape index (κ2) is 181. The molecule has 0 spiro atoms. The largest absolute Gasteiger partial charge is 5.00 e. The summed E-state index contributed by atoms with van der Waals surface area (Å²) in [5.74, 6) is 0. The number of rotatable bonds is 8. The Kier molecular flexibility index (Phi) is 371. The maximum atomic E-state index is 3.97. The van der Waals surface area contributed by atoms with Crippen LogP contribution in [0.4, 0.5) is 0 Å². The van der Waals surface area contributed by atoms with Gasteiger partial charge >= 0.3 is 44.8 Å². The molecule has 0 aliphatic rings. The van der Waals surface area contributed by atoms with E-state index < -0.39 is 0 Å². The van der Waals surface area contributed by atoms with Crippen molar-refractivity contribution in [3.8, 4) is 0 Å². The summed E-state index contributed by atoms with van der Waals surface area (Å²) in [5.41, 5.74) is 0. The van der Waals surface area contributed by atoms with E-state index in [0.717, 1.165) is 52.4 Å². The molecule has 0 aliphatic carbocycles. The van der Waals surface area contributed by atoms with E-state index in [4.69, 9.17) is 0 Å². The average Bonchev–Trinajstić information content (AvgIpc) is 2.86. The van der Waals surface area contributed by atoms with Gasteiger partial charge in [-0.2, -0.15) is 137 Å². The molecule has 0 saturated carbocycles. The van der Waals surface area contributed by atoms with E-state index in [2.05, 4.69) is 53.2 Å². The van der Waals surface area contributed by atoms with E-state index in [1.807, 2.05) is 55.4 Å². The summed E-state index contributed by atoms with van der Waals surface area (Å²) in [7, 11) is 21.0. The predicted molar refractivity (Wildman–Crippen MR) is 196 cm³/mol. The first-order valence-corrected chi connectivity index (χ1v) is 13.6. The Hall–Kier alpha value is 1.08. The smallest absolute Gasteiger partial charge is 0.668 e. The summed E-state index contributed by atoms with van der Waals surface area (Å²) in [6.07, 6.45) is 0. The molecule has 0 aromatic carbocycles. The molecule has 0 aliphatic heterocycles. The third-order valence-corrected chi connectivity index (χ3v) is 1.79. The first kappa shape index (κ1) is 84.0. The third-order valence-electron chi connectivity index (χ3n) is 1.79. The molecule has 0 aromatic heterocycles. The van der Waals surface area contributed by atoms with Crippen molar-refractivity contribution in [1.82, 2.24) is 0 Å². The molecule has 0 rings (SSSR count). The van der Waals surface area contributed by atoms with Crippen LogP contribution < -0.4 is 0 Å². The zero-order valence-corrected chi connectivity index (χ0v) is 37.5. The molecule has 0 amide bonds. The summed E-state index contributed by atoms with van der Waals surface area (Å²) in [6, 6.07) is 0. The predicted octanol–water partition coefficient (Wildman–Crippen LogP) is 9.95. The van der Waals surface area contributed by atoms with E-state index in [9.17, 15) is 0 Å². The molecule has 0 saturated heterocycles. The van der Waals surface area contributed by atoms with Crippen LogP contribution in [-0.2, 0) is 44.8 Å². The van der Waals surface area contributed by atoms with Crippen LogP contribution in [0.1, 0.15) is 62.8 Å². The van der Waals surface area contributed by atoms with Gasteiger partial charge < -0.3 is 53.2 Å². The van der Waals surface area contributed by atoms with Gasteiger partial charge in [0.25, 0.3) is 0 Å². The number of nitrogens with zero attached hydrogens (tertiary/aromatic N) is 10. The molecule has 12 heteroatoms. The Morgan fingerprint density at radius 3 is 0.293 bits per heavy atom. The van der Waals surface area contributed by atoms with E-state index in [1.54, 1.807) is 84.6 Å². The molecular formula is C29H80N10Ta2. The first-order chi connectivity index (χ1) is 18.1. The Balaban J connectivity index is -0.0000000194. The SMILES string of the molecule is C.CC[N-]CC.CC[N-]CC.CC[N-]CC.CC[N-]CC.C[N-]C.C[N-]C.C[N-]C.C[N-]C.C[N-]C.C[N-]C.[Ta+5].[Ta+5]. The summed E-state index contributed by atoms with van der Waals surface area (Å²) in [4.78, 5) is 0. The Bertz CT molecular complexity index is 146. The van der Waals surface area contributed by atoms with Crippen molar-refractivity contribution < 1.29 is 44.8 Å². The maximum absolute atomic E-state index is 3.97. The minimum Gasteiger partial charge on any atom is -0.668 e. The molecule has 0 fully saturated rings. The molecule has 0 radical (unpaired) electrons. The van der Waals surface area contributed by atoms with Gasteiger partial charge in [0.1, 0.15) is 0 Å². The van der Waals surface area contributed by atoms with Gasteiger partial charge in [-0.25, -0.2) is 0 Å². The van der Waals surface area contributed by atoms with Gasteiger partial charge in [-0.1, -0.05) is 62.8 Å². The Morgan fingerprint density at radius 1 is 0.244 bits per heavy atom. The Labute approximate surface area is 296 Å². The van der Waals surface area contributed by atoms with Gasteiger partial charge in [-0.3, -0.25) is 0 Å². The van der Waals surface area contributed by atoms with Crippen molar-refractivity contribution in [3.05, 3.63) is 53.2 Å². The second-order valence-corrected chi connectivity index (χ2v) is 6.11. The van der Waals surface area contributed by atoms with Crippen LogP contribution in [-0.4, -0.2) is 137 Å². The number of hydrogen-bond acceptors (Lipinski definition) is 0. The molecule has 0 aromatic rings. The quantitative estimate of drug-likeness (QED) is 0.229. The zero-order chi connectivity index (χ0) is 32.7. The van der Waals surface area contributed by atoms with Crippen molar-refractivity contribution in [2.45, 2.75) is 62.8 Å². The topological polar surface area (TPSA) is 141 Å². The molecule has 256 valence electrons. The van der Waals surface area contributed by atoms with E-state index >= 15 is 0 Å². The van der Waals surface area contributed by atoms with Crippen LogP contribution >= 0.6 is 0 Å². The molecule has 0 unspecified atom stereocenters. The van der Waals surface area contributed by atoms with Gasteiger partial charge in [0.05, 0.1) is 0 Å².